The van der Waals surface area contributed by atoms with E-state index in [-0.39, 0.29) is 4.32 Å². The number of thioether (sulfide) groups is 1. The van der Waals surface area contributed by atoms with Gasteiger partial charge in [-0.05, 0) is 37.3 Å². The molecule has 1 saturated heterocycles. The maximum absolute atomic E-state index is 12.4. The molecule has 0 spiro atoms. The highest BCUT2D eigenvalue weighted by Gasteiger charge is 2.38. The van der Waals surface area contributed by atoms with Gasteiger partial charge in [0.2, 0.25) is 0 Å². The zero-order valence-corrected chi connectivity index (χ0v) is 16.4. The van der Waals surface area contributed by atoms with Crippen molar-refractivity contribution in [2.24, 2.45) is 0 Å². The molecule has 26 heavy (non-hydrogen) atoms. The molecule has 1 amide bonds. The molecular formula is C17H11Cl2NO4S2. The van der Waals surface area contributed by atoms with Crippen molar-refractivity contribution in [3.05, 3.63) is 51.0 Å². The maximum Gasteiger partial charge on any atom is 0.326 e. The molecule has 0 radical (unpaired) electrons. The van der Waals surface area contributed by atoms with Gasteiger partial charge < -0.3 is 9.52 Å². The summed E-state index contributed by atoms with van der Waals surface area (Å²) >= 11 is 18.2. The first-order valence-electron chi connectivity index (χ1n) is 7.33. The topological polar surface area (TPSA) is 70.8 Å². The lowest BCUT2D eigenvalue weighted by Gasteiger charge is -2.18. The molecule has 1 N–H and O–H groups in total. The van der Waals surface area contributed by atoms with Crippen LogP contribution in [-0.2, 0) is 9.59 Å². The molecule has 9 heteroatoms. The molecule has 0 saturated carbocycles. The van der Waals surface area contributed by atoms with Crippen molar-refractivity contribution < 1.29 is 19.1 Å². The summed E-state index contributed by atoms with van der Waals surface area (Å²) in [6.45, 7) is 1.41. The molecule has 1 aromatic carbocycles. The van der Waals surface area contributed by atoms with Gasteiger partial charge in [0.25, 0.3) is 5.91 Å². The Morgan fingerprint density at radius 2 is 2.08 bits per heavy atom. The Labute approximate surface area is 168 Å². The molecular weight excluding hydrogens is 417 g/mol. The number of rotatable bonds is 4. The number of hydrogen-bond acceptors (Lipinski definition) is 5. The van der Waals surface area contributed by atoms with Gasteiger partial charge in [-0.3, -0.25) is 9.69 Å². The minimum atomic E-state index is -1.12. The van der Waals surface area contributed by atoms with Crippen LogP contribution in [-0.4, -0.2) is 32.2 Å². The Balaban J connectivity index is 1.88. The molecule has 1 unspecified atom stereocenters. The van der Waals surface area contributed by atoms with Gasteiger partial charge >= 0.3 is 5.97 Å². The summed E-state index contributed by atoms with van der Waals surface area (Å²) in [5.41, 5.74) is 0.669. The number of carbonyl (C=O) groups is 2. The van der Waals surface area contributed by atoms with Crippen molar-refractivity contribution in [2.45, 2.75) is 13.0 Å². The van der Waals surface area contributed by atoms with Gasteiger partial charge in [0.05, 0.1) is 9.93 Å². The van der Waals surface area contributed by atoms with E-state index in [1.54, 1.807) is 30.3 Å². The molecule has 2 aromatic rings. The highest BCUT2D eigenvalue weighted by atomic mass is 35.5. The van der Waals surface area contributed by atoms with E-state index >= 15 is 0 Å². The first-order valence-corrected chi connectivity index (χ1v) is 9.31. The van der Waals surface area contributed by atoms with Crippen LogP contribution in [0.15, 0.2) is 39.7 Å². The average molecular weight is 428 g/mol. The molecule has 1 aliphatic rings. The lowest BCUT2D eigenvalue weighted by atomic mass is 10.2. The average Bonchev–Trinajstić information content (AvgIpc) is 3.12. The Kier molecular flexibility index (Phi) is 5.43. The van der Waals surface area contributed by atoms with Crippen LogP contribution in [0.2, 0.25) is 10.0 Å². The summed E-state index contributed by atoms with van der Waals surface area (Å²) in [6.07, 6.45) is 1.53. The predicted molar refractivity (Wildman–Crippen MR) is 106 cm³/mol. The van der Waals surface area contributed by atoms with Crippen LogP contribution < -0.4 is 0 Å². The predicted octanol–water partition coefficient (Wildman–Crippen LogP) is 4.93. The third-order valence-corrected chi connectivity index (χ3v) is 5.54. The molecule has 1 aromatic heterocycles. The summed E-state index contributed by atoms with van der Waals surface area (Å²) < 4.78 is 5.93. The number of benzene rings is 1. The minimum absolute atomic E-state index is 0.198. The zero-order valence-electron chi connectivity index (χ0n) is 13.2. The van der Waals surface area contributed by atoms with Crippen LogP contribution in [0.4, 0.5) is 0 Å². The number of hydrogen-bond donors (Lipinski definition) is 1. The third-order valence-electron chi connectivity index (χ3n) is 3.66. The molecule has 5 nitrogen and oxygen atoms in total. The normalized spacial score (nSPS) is 17.2. The van der Waals surface area contributed by atoms with Crippen LogP contribution in [0.5, 0.6) is 0 Å². The second-order valence-corrected chi connectivity index (χ2v) is 7.91. The Bertz CT molecular complexity index is 954. The summed E-state index contributed by atoms with van der Waals surface area (Å²) in [4.78, 5) is 25.0. The largest absolute Gasteiger partial charge is 0.480 e. The fraction of sp³-hybridized carbons (Fsp3) is 0.118. The summed E-state index contributed by atoms with van der Waals surface area (Å²) in [6, 6.07) is 7.42. The lowest BCUT2D eigenvalue weighted by molar-refractivity contribution is -0.144. The van der Waals surface area contributed by atoms with E-state index in [0.717, 1.165) is 16.7 Å². The van der Waals surface area contributed by atoms with Crippen molar-refractivity contribution in [1.29, 1.82) is 0 Å². The van der Waals surface area contributed by atoms with Crippen molar-refractivity contribution >= 4 is 69.5 Å². The zero-order chi connectivity index (χ0) is 19.0. The van der Waals surface area contributed by atoms with Crippen LogP contribution in [0.25, 0.3) is 17.4 Å². The smallest absolute Gasteiger partial charge is 0.326 e. The number of amides is 1. The quantitative estimate of drug-likeness (QED) is 0.550. The fourth-order valence-corrected chi connectivity index (χ4v) is 4.22. The lowest BCUT2D eigenvalue weighted by Crippen LogP contribution is -2.41. The molecule has 1 aliphatic heterocycles. The van der Waals surface area contributed by atoms with E-state index in [0.29, 0.717) is 32.0 Å². The van der Waals surface area contributed by atoms with Crippen molar-refractivity contribution in [1.82, 2.24) is 4.90 Å². The molecule has 134 valence electrons. The Morgan fingerprint density at radius 3 is 2.73 bits per heavy atom. The molecule has 1 fully saturated rings. The van der Waals surface area contributed by atoms with E-state index in [9.17, 15) is 9.59 Å². The third kappa shape index (κ3) is 3.66. The van der Waals surface area contributed by atoms with Crippen LogP contribution in [0.3, 0.4) is 0 Å². The number of nitrogens with zero attached hydrogens (tertiary/aromatic N) is 1. The molecule has 1 atom stereocenters. The molecule has 0 aliphatic carbocycles. The first-order chi connectivity index (χ1) is 12.3. The van der Waals surface area contributed by atoms with Crippen LogP contribution in [0.1, 0.15) is 12.7 Å². The van der Waals surface area contributed by atoms with Gasteiger partial charge in [0.15, 0.2) is 0 Å². The standard InChI is InChI=1S/C17H11Cl2NO4S2/c1-8(16(22)23)20-15(21)14(26-17(20)25)7-10-3-5-13(24-10)11-4-2-9(18)6-12(11)19/h2-8H,1H3,(H,22,23)/b14-7-. The van der Waals surface area contributed by atoms with Gasteiger partial charge in [0.1, 0.15) is 21.9 Å². The summed E-state index contributed by atoms with van der Waals surface area (Å²) in [5.74, 6) is -0.639. The fourth-order valence-electron chi connectivity index (χ4n) is 2.32. The summed E-state index contributed by atoms with van der Waals surface area (Å²) in [5, 5.41) is 10.1. The van der Waals surface area contributed by atoms with Crippen LogP contribution in [0, 0.1) is 0 Å². The number of thiocarbonyl (C=S) groups is 1. The van der Waals surface area contributed by atoms with Gasteiger partial charge in [-0.15, -0.1) is 0 Å². The van der Waals surface area contributed by atoms with E-state index in [4.69, 9.17) is 44.9 Å². The Hall–Kier alpha value is -1.80. The second-order valence-electron chi connectivity index (χ2n) is 5.39. The van der Waals surface area contributed by atoms with Gasteiger partial charge in [-0.1, -0.05) is 47.2 Å². The minimum Gasteiger partial charge on any atom is -0.480 e. The number of aliphatic carboxylic acids is 1. The monoisotopic (exact) mass is 427 g/mol. The number of carboxylic acid groups (broad SMARTS) is 1. The van der Waals surface area contributed by atoms with Crippen molar-refractivity contribution in [3.8, 4) is 11.3 Å². The van der Waals surface area contributed by atoms with Crippen molar-refractivity contribution in [2.75, 3.05) is 0 Å². The summed E-state index contributed by atoms with van der Waals surface area (Å²) in [7, 11) is 0. The van der Waals surface area contributed by atoms with E-state index < -0.39 is 17.9 Å². The molecule has 2 heterocycles. The first kappa shape index (κ1) is 19.0. The SMILES string of the molecule is CC(C(=O)O)N1C(=O)/C(=C/c2ccc(-c3ccc(Cl)cc3Cl)o2)SC1=S. The molecule has 0 bridgehead atoms. The molecule has 3 rings (SSSR count). The number of carbonyl (C=O) groups excluding carboxylic acids is 1. The van der Waals surface area contributed by atoms with E-state index in [2.05, 4.69) is 0 Å². The van der Waals surface area contributed by atoms with E-state index in [1.807, 2.05) is 0 Å². The van der Waals surface area contributed by atoms with Gasteiger partial charge in [-0.2, -0.15) is 0 Å². The van der Waals surface area contributed by atoms with Crippen molar-refractivity contribution in [3.63, 3.8) is 0 Å². The van der Waals surface area contributed by atoms with Gasteiger partial charge in [0, 0.05) is 16.7 Å². The number of carboxylic acids is 1. The van der Waals surface area contributed by atoms with Gasteiger partial charge in [-0.25, -0.2) is 4.79 Å². The highest BCUT2D eigenvalue weighted by molar-refractivity contribution is 8.26. The Morgan fingerprint density at radius 1 is 1.35 bits per heavy atom. The highest BCUT2D eigenvalue weighted by Crippen LogP contribution is 2.36. The maximum atomic E-state index is 12.4. The number of halogens is 2. The van der Waals surface area contributed by atoms with Crippen LogP contribution >= 0.6 is 47.2 Å². The van der Waals surface area contributed by atoms with E-state index in [1.165, 1.54) is 13.0 Å². The second kappa shape index (κ2) is 7.44. The number of furan rings is 1.